The molecular weight excluding hydrogens is 299 g/mol. The largest absolute Gasteiger partial charge is 0.365 e. The Kier molecular flexibility index (Phi) is 4.29. The summed E-state index contributed by atoms with van der Waals surface area (Å²) in [5.74, 6) is -0.0957. The molecule has 6 heteroatoms. The van der Waals surface area contributed by atoms with Crippen molar-refractivity contribution < 1.29 is 4.39 Å². The minimum absolute atomic E-state index is 0.0367. The number of nitrogens with one attached hydrogen (secondary N) is 1. The van der Waals surface area contributed by atoms with Crippen LogP contribution in [0.25, 0.3) is 10.2 Å². The van der Waals surface area contributed by atoms with Gasteiger partial charge in [0.05, 0.1) is 20.9 Å². The van der Waals surface area contributed by atoms with Crippen molar-refractivity contribution in [3.63, 3.8) is 0 Å². The first-order valence-corrected chi connectivity index (χ1v) is 8.09. The van der Waals surface area contributed by atoms with Crippen LogP contribution in [0.3, 0.4) is 0 Å². The molecule has 0 saturated carbocycles. The molecule has 0 fully saturated rings. The van der Waals surface area contributed by atoms with Gasteiger partial charge < -0.3 is 5.32 Å². The van der Waals surface area contributed by atoms with E-state index in [0.717, 1.165) is 16.9 Å². The third-order valence-electron chi connectivity index (χ3n) is 3.40. The minimum atomic E-state index is -0.360. The summed E-state index contributed by atoms with van der Waals surface area (Å²) in [4.78, 5) is 12.5. The van der Waals surface area contributed by atoms with Gasteiger partial charge in [-0.25, -0.2) is 19.3 Å². The maximum absolute atomic E-state index is 14.1. The Bertz CT molecular complexity index is 754. The number of thiazole rings is 1. The standard InChI is InChI=1S/C16H17FN4S/c1-3-11-15(17)16(19-9-18-11)20-10(2)8-14-21-12-6-4-5-7-13(12)22-14/h4-7,9-10H,3,8H2,1-2H3,(H,18,19,20). The van der Waals surface area contributed by atoms with E-state index in [2.05, 4.69) is 26.3 Å². The minimum Gasteiger partial charge on any atom is -0.365 e. The summed E-state index contributed by atoms with van der Waals surface area (Å²) in [6.45, 7) is 3.87. The zero-order valence-corrected chi connectivity index (χ0v) is 13.3. The van der Waals surface area contributed by atoms with Crippen LogP contribution in [-0.2, 0) is 12.8 Å². The lowest BCUT2D eigenvalue weighted by atomic mass is 10.2. The molecule has 3 rings (SSSR count). The first-order chi connectivity index (χ1) is 10.7. The van der Waals surface area contributed by atoms with Crippen molar-refractivity contribution in [2.75, 3.05) is 5.32 Å². The molecule has 0 amide bonds. The SMILES string of the molecule is CCc1ncnc(NC(C)Cc2nc3ccccc3s2)c1F. The summed E-state index contributed by atoms with van der Waals surface area (Å²) in [6, 6.07) is 8.09. The van der Waals surface area contributed by atoms with E-state index in [9.17, 15) is 4.39 Å². The monoisotopic (exact) mass is 316 g/mol. The van der Waals surface area contributed by atoms with Crippen molar-refractivity contribution >= 4 is 27.4 Å². The number of halogens is 1. The number of fused-ring (bicyclic) bond motifs is 1. The first-order valence-electron chi connectivity index (χ1n) is 7.27. The number of aryl methyl sites for hydroxylation is 1. The van der Waals surface area contributed by atoms with Crippen molar-refractivity contribution in [1.82, 2.24) is 15.0 Å². The number of hydrogen-bond donors (Lipinski definition) is 1. The fraction of sp³-hybridized carbons (Fsp3) is 0.312. The molecule has 1 unspecified atom stereocenters. The highest BCUT2D eigenvalue weighted by Crippen LogP contribution is 2.23. The van der Waals surface area contributed by atoms with E-state index >= 15 is 0 Å². The van der Waals surface area contributed by atoms with Gasteiger partial charge in [-0.15, -0.1) is 11.3 Å². The van der Waals surface area contributed by atoms with Crippen LogP contribution >= 0.6 is 11.3 Å². The number of anilines is 1. The van der Waals surface area contributed by atoms with E-state index in [4.69, 9.17) is 0 Å². The molecule has 0 aliphatic heterocycles. The van der Waals surface area contributed by atoms with E-state index < -0.39 is 0 Å². The van der Waals surface area contributed by atoms with E-state index in [0.29, 0.717) is 12.1 Å². The van der Waals surface area contributed by atoms with Crippen LogP contribution in [0.15, 0.2) is 30.6 Å². The predicted molar refractivity (Wildman–Crippen MR) is 87.8 cm³/mol. The summed E-state index contributed by atoms with van der Waals surface area (Å²) in [6.07, 6.45) is 2.67. The van der Waals surface area contributed by atoms with Crippen LogP contribution in [0.2, 0.25) is 0 Å². The number of para-hydroxylation sites is 1. The molecule has 0 saturated heterocycles. The number of nitrogens with zero attached hydrogens (tertiary/aromatic N) is 3. The molecule has 1 atom stereocenters. The quantitative estimate of drug-likeness (QED) is 0.777. The lowest BCUT2D eigenvalue weighted by Gasteiger charge is -2.14. The topological polar surface area (TPSA) is 50.7 Å². The molecule has 0 spiro atoms. The van der Waals surface area contributed by atoms with Crippen LogP contribution < -0.4 is 5.32 Å². The van der Waals surface area contributed by atoms with Crippen molar-refractivity contribution in [2.45, 2.75) is 32.7 Å². The fourth-order valence-electron chi connectivity index (χ4n) is 2.31. The molecule has 2 heterocycles. The van der Waals surface area contributed by atoms with Crippen molar-refractivity contribution in [2.24, 2.45) is 0 Å². The number of rotatable bonds is 5. The molecule has 1 N–H and O–H groups in total. The van der Waals surface area contributed by atoms with Crippen LogP contribution in [0.1, 0.15) is 24.5 Å². The second kappa shape index (κ2) is 6.36. The van der Waals surface area contributed by atoms with E-state index in [-0.39, 0.29) is 17.7 Å². The van der Waals surface area contributed by atoms with Gasteiger partial charge in [0.15, 0.2) is 11.6 Å². The maximum Gasteiger partial charge on any atom is 0.186 e. The summed E-state index contributed by atoms with van der Waals surface area (Å²) in [5.41, 5.74) is 1.45. The Hall–Kier alpha value is -2.08. The maximum atomic E-state index is 14.1. The molecule has 0 aliphatic carbocycles. The molecule has 0 bridgehead atoms. The molecule has 0 radical (unpaired) electrons. The van der Waals surface area contributed by atoms with Gasteiger partial charge in [0, 0.05) is 12.5 Å². The molecular formula is C16H17FN4S. The van der Waals surface area contributed by atoms with Gasteiger partial charge in [-0.3, -0.25) is 0 Å². The molecule has 22 heavy (non-hydrogen) atoms. The van der Waals surface area contributed by atoms with Crippen molar-refractivity contribution in [3.05, 3.63) is 47.1 Å². The Labute approximate surface area is 132 Å². The van der Waals surface area contributed by atoms with Gasteiger partial charge in [0.2, 0.25) is 0 Å². The summed E-state index contributed by atoms with van der Waals surface area (Å²) in [7, 11) is 0. The van der Waals surface area contributed by atoms with Gasteiger partial charge in [0.25, 0.3) is 0 Å². The highest BCUT2D eigenvalue weighted by molar-refractivity contribution is 7.18. The first kappa shape index (κ1) is 14.8. The summed E-state index contributed by atoms with van der Waals surface area (Å²) in [5, 5.41) is 4.15. The Morgan fingerprint density at radius 2 is 2.09 bits per heavy atom. The van der Waals surface area contributed by atoms with Gasteiger partial charge in [-0.2, -0.15) is 0 Å². The third-order valence-corrected chi connectivity index (χ3v) is 4.46. The predicted octanol–water partition coefficient (Wildman–Crippen LogP) is 3.83. The molecule has 114 valence electrons. The second-order valence-electron chi connectivity index (χ2n) is 5.16. The van der Waals surface area contributed by atoms with E-state index in [1.54, 1.807) is 11.3 Å². The third kappa shape index (κ3) is 3.06. The molecule has 3 aromatic rings. The normalized spacial score (nSPS) is 12.5. The fourth-order valence-corrected chi connectivity index (χ4v) is 3.40. The Morgan fingerprint density at radius 1 is 1.27 bits per heavy atom. The number of hydrogen-bond acceptors (Lipinski definition) is 5. The zero-order valence-electron chi connectivity index (χ0n) is 12.5. The van der Waals surface area contributed by atoms with Crippen LogP contribution in [-0.4, -0.2) is 21.0 Å². The second-order valence-corrected chi connectivity index (χ2v) is 6.28. The zero-order chi connectivity index (χ0) is 15.5. The number of benzene rings is 1. The van der Waals surface area contributed by atoms with Gasteiger partial charge >= 0.3 is 0 Å². The molecule has 4 nitrogen and oxygen atoms in total. The van der Waals surface area contributed by atoms with Crippen LogP contribution in [0.4, 0.5) is 10.2 Å². The highest BCUT2D eigenvalue weighted by Gasteiger charge is 2.14. The average molecular weight is 316 g/mol. The molecule has 1 aromatic carbocycles. The Morgan fingerprint density at radius 3 is 2.86 bits per heavy atom. The van der Waals surface area contributed by atoms with Crippen molar-refractivity contribution in [3.8, 4) is 0 Å². The van der Waals surface area contributed by atoms with Gasteiger partial charge in [-0.05, 0) is 25.5 Å². The molecule has 2 aromatic heterocycles. The smallest absolute Gasteiger partial charge is 0.186 e. The lowest BCUT2D eigenvalue weighted by molar-refractivity contribution is 0.592. The molecule has 0 aliphatic rings. The Balaban J connectivity index is 1.73. The summed E-state index contributed by atoms with van der Waals surface area (Å²) >= 11 is 1.67. The van der Waals surface area contributed by atoms with Crippen LogP contribution in [0.5, 0.6) is 0 Å². The lowest BCUT2D eigenvalue weighted by Crippen LogP contribution is -2.20. The van der Waals surface area contributed by atoms with Gasteiger partial charge in [-0.1, -0.05) is 19.1 Å². The highest BCUT2D eigenvalue weighted by atomic mass is 32.1. The van der Waals surface area contributed by atoms with Crippen LogP contribution in [0, 0.1) is 5.82 Å². The van der Waals surface area contributed by atoms with E-state index in [1.165, 1.54) is 11.0 Å². The number of aromatic nitrogens is 3. The average Bonchev–Trinajstić information content (AvgIpc) is 2.91. The van der Waals surface area contributed by atoms with Gasteiger partial charge in [0.1, 0.15) is 6.33 Å². The summed E-state index contributed by atoms with van der Waals surface area (Å²) < 4.78 is 15.3. The van der Waals surface area contributed by atoms with Crippen molar-refractivity contribution in [1.29, 1.82) is 0 Å². The van der Waals surface area contributed by atoms with E-state index in [1.807, 2.05) is 32.0 Å².